The van der Waals surface area contributed by atoms with Crippen molar-refractivity contribution in [2.45, 2.75) is 158 Å². The van der Waals surface area contributed by atoms with E-state index in [0.29, 0.717) is 5.25 Å². The largest absolute Gasteiger partial charge is 0.494 e. The Morgan fingerprint density at radius 1 is 0.216 bits per heavy atom. The van der Waals surface area contributed by atoms with Crippen LogP contribution in [0.3, 0.4) is 0 Å². The predicted molar refractivity (Wildman–Crippen MR) is 538 cm³/mol. The van der Waals surface area contributed by atoms with Gasteiger partial charge in [-0.05, 0) is 234 Å². The zero-order valence-electron chi connectivity index (χ0n) is 71.7. The Morgan fingerprint density at radius 2 is 0.520 bits per heavy atom. The molecular weight excluding hydrogens is 1610 g/mol. The fourth-order valence-corrected chi connectivity index (χ4v) is 27.1. The lowest BCUT2D eigenvalue weighted by Crippen LogP contribution is -2.14. The molecule has 0 aliphatic heterocycles. The highest BCUT2D eigenvalue weighted by molar-refractivity contribution is 7.98. The lowest BCUT2D eigenvalue weighted by molar-refractivity contribution is 0.305. The van der Waals surface area contributed by atoms with Crippen LogP contribution in [0.2, 0.25) is 0 Å². The minimum atomic E-state index is -0.0892. The number of fused-ring (bicyclic) bond motifs is 5. The van der Waals surface area contributed by atoms with Crippen LogP contribution in [-0.4, -0.2) is 6.61 Å². The summed E-state index contributed by atoms with van der Waals surface area (Å²) in [6.45, 7) is 5.32. The number of hydrogen-bond acceptors (Lipinski definition) is 1. The lowest BCUT2D eigenvalue weighted by atomic mass is 10.1. The molecular formula is C119H111OS5+5. The molecule has 0 N–H and O–H groups in total. The number of ether oxygens (including phenoxy) is 1. The van der Waals surface area contributed by atoms with E-state index in [9.17, 15) is 0 Å². The summed E-state index contributed by atoms with van der Waals surface area (Å²) in [4.78, 5) is 19.1. The molecule has 125 heavy (non-hydrogen) atoms. The Hall–Kier alpha value is -12.0. The van der Waals surface area contributed by atoms with Gasteiger partial charge in [0.2, 0.25) is 0 Å². The molecule has 0 fully saturated rings. The van der Waals surface area contributed by atoms with E-state index in [0.717, 1.165) is 18.8 Å². The quantitative estimate of drug-likeness (QED) is 0.0351. The maximum absolute atomic E-state index is 5.90. The first-order valence-electron chi connectivity index (χ1n) is 44.2. The Balaban J connectivity index is 0.000000121. The van der Waals surface area contributed by atoms with E-state index in [1.54, 1.807) is 0 Å². The minimum Gasteiger partial charge on any atom is -0.494 e. The SMILES string of the molecule is CCCCCCCCc1ccc([S+](c2ccccc2)c2ccccc2)cc1.CCCCCCOc1ccc([S+](c2ccccc2)c2ccccc2)cc1.c1ccc([S+](c2ccccc2)C2c3ccccc3-c3ccccc32)cc1.c1ccc([S+](c2ccccc2)c2ccc3ccccc3c2)cc1.c1ccc([S+](c2ccccc2)c2cccc3ccccc23)cc1. The highest BCUT2D eigenvalue weighted by atomic mass is 32.2. The van der Waals surface area contributed by atoms with Crippen LogP contribution in [0.4, 0.5) is 0 Å². The summed E-state index contributed by atoms with van der Waals surface area (Å²) in [5, 5.41) is 5.60. The zero-order valence-corrected chi connectivity index (χ0v) is 75.8. The van der Waals surface area contributed by atoms with Crippen molar-refractivity contribution in [3.63, 3.8) is 0 Å². The van der Waals surface area contributed by atoms with Crippen molar-refractivity contribution < 1.29 is 4.74 Å². The lowest BCUT2D eigenvalue weighted by Gasteiger charge is -2.17. The second-order valence-corrected chi connectivity index (χ2v) is 40.9. The number of hydrogen-bond donors (Lipinski definition) is 0. The Labute approximate surface area is 758 Å². The molecule has 0 radical (unpaired) electrons. The fourth-order valence-electron chi connectivity index (χ4n) is 15.9. The maximum Gasteiger partial charge on any atom is 0.180 e. The smallest absolute Gasteiger partial charge is 0.180 e. The summed E-state index contributed by atoms with van der Waals surface area (Å²) in [6.07, 6.45) is 14.3. The van der Waals surface area contributed by atoms with Gasteiger partial charge in [-0.25, -0.2) is 0 Å². The van der Waals surface area contributed by atoms with Gasteiger partial charge in [0.25, 0.3) is 0 Å². The molecule has 0 amide bonds. The first-order valence-corrected chi connectivity index (χ1v) is 50.4. The van der Waals surface area contributed by atoms with E-state index in [-0.39, 0.29) is 54.5 Å². The molecule has 0 heterocycles. The van der Waals surface area contributed by atoms with Crippen molar-refractivity contribution >= 4 is 76.0 Å². The van der Waals surface area contributed by atoms with Crippen LogP contribution >= 0.6 is 0 Å². The molecule has 0 spiro atoms. The van der Waals surface area contributed by atoms with Crippen molar-refractivity contribution in [2.75, 3.05) is 6.61 Å². The predicted octanol–water partition coefficient (Wildman–Crippen LogP) is 32.8. The van der Waals surface area contributed by atoms with Gasteiger partial charge in [0.05, 0.1) is 61.1 Å². The van der Waals surface area contributed by atoms with Gasteiger partial charge < -0.3 is 4.74 Å². The van der Waals surface area contributed by atoms with Crippen LogP contribution < -0.4 is 4.74 Å². The molecule has 0 bridgehead atoms. The molecule has 1 nitrogen and oxygen atoms in total. The monoisotopic (exact) mass is 1720 g/mol. The molecule has 618 valence electrons. The van der Waals surface area contributed by atoms with Crippen LogP contribution in [0, 0.1) is 0 Å². The molecule has 0 unspecified atom stereocenters. The van der Waals surface area contributed by atoms with Gasteiger partial charge in [0.1, 0.15) is 5.75 Å². The summed E-state index contributed by atoms with van der Waals surface area (Å²) in [5.41, 5.74) is 7.14. The van der Waals surface area contributed by atoms with Crippen LogP contribution in [0.1, 0.15) is 100.0 Å². The van der Waals surface area contributed by atoms with Crippen LogP contribution in [0.25, 0.3) is 32.7 Å². The average Bonchev–Trinajstić information content (AvgIpc) is 1.59. The van der Waals surface area contributed by atoms with Gasteiger partial charge in [-0.2, -0.15) is 0 Å². The Bertz CT molecular complexity index is 5900. The molecule has 0 saturated carbocycles. The van der Waals surface area contributed by atoms with Crippen molar-refractivity contribution in [2.24, 2.45) is 0 Å². The number of benzene rings is 18. The van der Waals surface area contributed by atoms with Crippen LogP contribution in [-0.2, 0) is 60.9 Å². The highest BCUT2D eigenvalue weighted by Crippen LogP contribution is 2.52. The van der Waals surface area contributed by atoms with Gasteiger partial charge in [0, 0.05) is 22.6 Å². The topological polar surface area (TPSA) is 9.23 Å². The second kappa shape index (κ2) is 47.2. The summed E-state index contributed by atoms with van der Waals surface area (Å²) in [6, 6.07) is 175. The maximum atomic E-state index is 5.90. The Kier molecular flexibility index (Phi) is 33.2. The standard InChI is InChI=1S/C26H31S.C25H19S.C24H27OS.2C22H17S/c1-2-3-4-5-6-9-14-23-19-21-26(22-20-23)27(24-15-10-7-11-16-24)25-17-12-8-13-18-25;1-3-11-19(12-4-1)26(20-13-5-2-6-14-20)25-23-17-9-7-15-21(23)22-16-8-10-18-24(22)25;1-2-3-4-11-20-25-21-16-18-24(19-17-21)26(22-12-7-5-8-13-22)23-14-9-6-10-15-23;1-3-12-19(13-4-1)23(20-14-5-2-6-15-20)22-17-9-11-18-10-7-8-16-21(18)22;1-3-11-20(12-4-1)23(21-13-5-2-6-14-21)22-16-15-18-9-7-8-10-19(18)17-22/h7-8,10-13,15-22H,2-6,9,14H2,1H3;1-18,25H;5-10,12-19H,2-4,11,20H2,1H3;2*1-17H/q5*+1. The molecule has 0 saturated heterocycles. The normalized spacial score (nSPS) is 11.4. The Morgan fingerprint density at radius 3 is 0.944 bits per heavy atom. The van der Waals surface area contributed by atoms with E-state index in [1.807, 2.05) is 0 Å². The number of unbranched alkanes of at least 4 members (excludes halogenated alkanes) is 8. The van der Waals surface area contributed by atoms with Crippen molar-refractivity contribution in [1.82, 2.24) is 0 Å². The summed E-state index contributed by atoms with van der Waals surface area (Å²) in [7, 11) is -0.332. The van der Waals surface area contributed by atoms with Gasteiger partial charge in [-0.15, -0.1) is 0 Å². The minimum absolute atomic E-state index is 0.0341. The molecule has 0 atom stereocenters. The molecule has 1 aliphatic carbocycles. The van der Waals surface area contributed by atoms with Gasteiger partial charge in [-0.3, -0.25) is 0 Å². The average molecular weight is 1720 g/mol. The number of rotatable bonds is 28. The molecule has 1 aliphatic rings. The van der Waals surface area contributed by atoms with E-state index >= 15 is 0 Å². The molecule has 18 aromatic rings. The molecule has 0 aromatic heterocycles. The number of aryl methyl sites for hydroxylation is 1. The van der Waals surface area contributed by atoms with E-state index in [1.165, 1.54) is 182 Å². The van der Waals surface area contributed by atoms with Crippen molar-refractivity contribution in [3.05, 3.63) is 502 Å². The van der Waals surface area contributed by atoms with E-state index in [2.05, 4.69) is 499 Å². The van der Waals surface area contributed by atoms with E-state index < -0.39 is 0 Å². The third kappa shape index (κ3) is 23.9. The van der Waals surface area contributed by atoms with E-state index in [4.69, 9.17) is 4.74 Å². The van der Waals surface area contributed by atoms with Crippen molar-refractivity contribution in [3.8, 4) is 16.9 Å². The molecule has 6 heteroatoms. The third-order valence-corrected chi connectivity index (χ3v) is 33.6. The van der Waals surface area contributed by atoms with Gasteiger partial charge in [-0.1, -0.05) is 362 Å². The first kappa shape index (κ1) is 87.9. The van der Waals surface area contributed by atoms with Gasteiger partial charge >= 0.3 is 0 Å². The summed E-state index contributed by atoms with van der Waals surface area (Å²) >= 11 is 0. The molecule has 18 aromatic carbocycles. The van der Waals surface area contributed by atoms with Crippen LogP contribution in [0.5, 0.6) is 5.75 Å². The summed E-state index contributed by atoms with van der Waals surface area (Å²) in [5.74, 6) is 0.968. The fraction of sp³-hybridized carbons (Fsp3) is 0.126. The van der Waals surface area contributed by atoms with Crippen LogP contribution in [0.15, 0.2) is 554 Å². The van der Waals surface area contributed by atoms with Gasteiger partial charge in [0.15, 0.2) is 73.8 Å². The second-order valence-electron chi connectivity index (χ2n) is 30.8. The zero-order chi connectivity index (χ0) is 85.1. The highest BCUT2D eigenvalue weighted by Gasteiger charge is 2.44. The summed E-state index contributed by atoms with van der Waals surface area (Å²) < 4.78 is 5.90. The van der Waals surface area contributed by atoms with Crippen molar-refractivity contribution in [1.29, 1.82) is 0 Å². The third-order valence-electron chi connectivity index (χ3n) is 22.1. The molecule has 19 rings (SSSR count). The first-order chi connectivity index (χ1) is 62.0.